The van der Waals surface area contributed by atoms with E-state index in [-0.39, 0.29) is 11.7 Å². The van der Waals surface area contributed by atoms with Crippen LogP contribution in [0.25, 0.3) is 0 Å². The molecule has 0 spiro atoms. The standard InChI is InChI=1S/C12H10IN3O2/c13-9-3-1-7(5-10(9)17)12(18)16-8-2-4-11(14)15-6-8/h1-6,17H,(H2,14,15)(H,16,18). The molecule has 0 radical (unpaired) electrons. The van der Waals surface area contributed by atoms with Gasteiger partial charge in [-0.3, -0.25) is 4.79 Å². The molecule has 0 atom stereocenters. The van der Waals surface area contributed by atoms with Crippen LogP contribution in [-0.2, 0) is 0 Å². The number of rotatable bonds is 2. The Morgan fingerprint density at radius 1 is 1.33 bits per heavy atom. The number of amides is 1. The van der Waals surface area contributed by atoms with E-state index in [2.05, 4.69) is 10.3 Å². The fourth-order valence-electron chi connectivity index (χ4n) is 1.34. The lowest BCUT2D eigenvalue weighted by atomic mass is 10.2. The van der Waals surface area contributed by atoms with Crippen LogP contribution < -0.4 is 11.1 Å². The number of hydrogen-bond acceptors (Lipinski definition) is 4. The number of phenols is 1. The zero-order chi connectivity index (χ0) is 13.1. The highest BCUT2D eigenvalue weighted by molar-refractivity contribution is 14.1. The van der Waals surface area contributed by atoms with Crippen LogP contribution in [0.3, 0.4) is 0 Å². The minimum absolute atomic E-state index is 0.0821. The number of nitrogens with two attached hydrogens (primary N) is 1. The maximum atomic E-state index is 11.9. The molecule has 0 aliphatic heterocycles. The van der Waals surface area contributed by atoms with Gasteiger partial charge >= 0.3 is 0 Å². The molecule has 1 heterocycles. The normalized spacial score (nSPS) is 10.1. The van der Waals surface area contributed by atoms with Crippen LogP contribution in [0.15, 0.2) is 36.5 Å². The molecule has 4 N–H and O–H groups in total. The highest BCUT2D eigenvalue weighted by Gasteiger charge is 2.08. The van der Waals surface area contributed by atoms with E-state index in [0.717, 1.165) is 0 Å². The Bertz CT molecular complexity index is 584. The van der Waals surface area contributed by atoms with Crippen LogP contribution in [0.2, 0.25) is 0 Å². The number of nitrogen functional groups attached to an aromatic ring is 1. The van der Waals surface area contributed by atoms with E-state index in [9.17, 15) is 9.90 Å². The first-order valence-electron chi connectivity index (χ1n) is 5.07. The van der Waals surface area contributed by atoms with E-state index in [0.29, 0.717) is 20.6 Å². The van der Waals surface area contributed by atoms with E-state index in [1.807, 2.05) is 22.6 Å². The van der Waals surface area contributed by atoms with Crippen LogP contribution in [0.5, 0.6) is 5.75 Å². The van der Waals surface area contributed by atoms with Crippen molar-refractivity contribution in [1.82, 2.24) is 4.98 Å². The predicted octanol–water partition coefficient (Wildman–Crippen LogP) is 2.23. The van der Waals surface area contributed by atoms with Gasteiger partial charge in [0.15, 0.2) is 0 Å². The molecule has 1 aromatic heterocycles. The van der Waals surface area contributed by atoms with E-state index < -0.39 is 0 Å². The average molecular weight is 355 g/mol. The monoisotopic (exact) mass is 355 g/mol. The summed E-state index contributed by atoms with van der Waals surface area (Å²) in [6, 6.07) is 7.99. The fraction of sp³-hybridized carbons (Fsp3) is 0. The lowest BCUT2D eigenvalue weighted by Gasteiger charge is -2.06. The van der Waals surface area contributed by atoms with Crippen molar-refractivity contribution >= 4 is 40.0 Å². The van der Waals surface area contributed by atoms with Gasteiger partial charge in [-0.05, 0) is 52.9 Å². The average Bonchev–Trinajstić information content (AvgIpc) is 2.35. The van der Waals surface area contributed by atoms with Crippen molar-refractivity contribution in [1.29, 1.82) is 0 Å². The number of nitrogens with one attached hydrogen (secondary N) is 1. The van der Waals surface area contributed by atoms with E-state index in [4.69, 9.17) is 5.73 Å². The third-order valence-electron chi connectivity index (χ3n) is 2.25. The first kappa shape index (κ1) is 12.6. The zero-order valence-corrected chi connectivity index (χ0v) is 11.4. The Labute approximate surface area is 117 Å². The number of carbonyl (C=O) groups excluding carboxylic acids is 1. The summed E-state index contributed by atoms with van der Waals surface area (Å²) < 4.78 is 0.693. The number of benzene rings is 1. The van der Waals surface area contributed by atoms with Crippen molar-refractivity contribution in [3.8, 4) is 5.75 Å². The molecule has 2 rings (SSSR count). The van der Waals surface area contributed by atoms with Gasteiger partial charge in [-0.2, -0.15) is 0 Å². The number of carbonyl (C=O) groups is 1. The molecule has 92 valence electrons. The van der Waals surface area contributed by atoms with Gasteiger partial charge in [-0.25, -0.2) is 4.98 Å². The molecule has 0 saturated heterocycles. The topological polar surface area (TPSA) is 88.2 Å². The number of aromatic hydroxyl groups is 1. The largest absolute Gasteiger partial charge is 0.507 e. The fourth-order valence-corrected chi connectivity index (χ4v) is 1.67. The number of hydrogen-bond donors (Lipinski definition) is 3. The van der Waals surface area contributed by atoms with Gasteiger partial charge in [0.1, 0.15) is 11.6 Å². The van der Waals surface area contributed by atoms with Crippen molar-refractivity contribution in [3.63, 3.8) is 0 Å². The molecule has 0 fully saturated rings. The Hall–Kier alpha value is -1.83. The van der Waals surface area contributed by atoms with Gasteiger partial charge in [0.25, 0.3) is 5.91 Å². The molecule has 0 unspecified atom stereocenters. The van der Waals surface area contributed by atoms with Gasteiger partial charge in [-0.1, -0.05) is 0 Å². The second-order valence-electron chi connectivity index (χ2n) is 3.59. The third kappa shape index (κ3) is 2.89. The van der Waals surface area contributed by atoms with E-state index in [1.54, 1.807) is 24.3 Å². The number of aromatic nitrogens is 1. The molecule has 5 nitrogen and oxygen atoms in total. The number of phenolic OH excluding ortho intramolecular Hbond substituents is 1. The summed E-state index contributed by atoms with van der Waals surface area (Å²) in [5, 5.41) is 12.2. The van der Waals surface area contributed by atoms with E-state index in [1.165, 1.54) is 12.3 Å². The Balaban J connectivity index is 2.16. The smallest absolute Gasteiger partial charge is 0.255 e. The van der Waals surface area contributed by atoms with Crippen LogP contribution in [-0.4, -0.2) is 16.0 Å². The number of nitrogens with zero attached hydrogens (tertiary/aromatic N) is 1. The van der Waals surface area contributed by atoms with Crippen molar-refractivity contribution in [3.05, 3.63) is 45.7 Å². The summed E-state index contributed by atoms with van der Waals surface area (Å²) in [5.41, 5.74) is 6.38. The maximum absolute atomic E-state index is 11.9. The number of pyridine rings is 1. The molecule has 18 heavy (non-hydrogen) atoms. The first-order valence-corrected chi connectivity index (χ1v) is 6.15. The second kappa shape index (κ2) is 5.21. The zero-order valence-electron chi connectivity index (χ0n) is 9.22. The van der Waals surface area contributed by atoms with Crippen LogP contribution in [0.1, 0.15) is 10.4 Å². The Kier molecular flexibility index (Phi) is 3.66. The van der Waals surface area contributed by atoms with Crippen molar-refractivity contribution in [2.75, 3.05) is 11.1 Å². The summed E-state index contributed by atoms with van der Waals surface area (Å²) in [5.74, 6) is 0.159. The highest BCUT2D eigenvalue weighted by Crippen LogP contribution is 2.21. The summed E-state index contributed by atoms with van der Waals surface area (Å²) in [6.45, 7) is 0. The number of halogens is 1. The SMILES string of the molecule is Nc1ccc(NC(=O)c2ccc(I)c(O)c2)cn1. The quantitative estimate of drug-likeness (QED) is 0.721. The van der Waals surface area contributed by atoms with Crippen molar-refractivity contribution in [2.24, 2.45) is 0 Å². The Morgan fingerprint density at radius 2 is 2.11 bits per heavy atom. The summed E-state index contributed by atoms with van der Waals surface area (Å²) in [7, 11) is 0. The lowest BCUT2D eigenvalue weighted by Crippen LogP contribution is -2.12. The van der Waals surface area contributed by atoms with Gasteiger partial charge in [0.2, 0.25) is 0 Å². The maximum Gasteiger partial charge on any atom is 0.255 e. The summed E-state index contributed by atoms with van der Waals surface area (Å²) in [6.07, 6.45) is 1.47. The Morgan fingerprint density at radius 3 is 2.72 bits per heavy atom. The van der Waals surface area contributed by atoms with Gasteiger partial charge in [0.05, 0.1) is 15.5 Å². The number of anilines is 2. The summed E-state index contributed by atoms with van der Waals surface area (Å²) >= 11 is 1.99. The van der Waals surface area contributed by atoms with Crippen LogP contribution in [0, 0.1) is 3.57 Å². The molecule has 0 bridgehead atoms. The first-order chi connectivity index (χ1) is 8.56. The second-order valence-corrected chi connectivity index (χ2v) is 4.75. The summed E-state index contributed by atoms with van der Waals surface area (Å²) in [4.78, 5) is 15.7. The van der Waals surface area contributed by atoms with Gasteiger partial charge in [0, 0.05) is 5.56 Å². The molecule has 1 amide bonds. The van der Waals surface area contributed by atoms with Crippen molar-refractivity contribution in [2.45, 2.75) is 0 Å². The third-order valence-corrected chi connectivity index (χ3v) is 3.16. The molecule has 0 saturated carbocycles. The highest BCUT2D eigenvalue weighted by atomic mass is 127. The molecular formula is C12H10IN3O2. The molecule has 0 aliphatic rings. The van der Waals surface area contributed by atoms with Crippen LogP contribution in [0.4, 0.5) is 11.5 Å². The minimum atomic E-state index is -0.312. The lowest BCUT2D eigenvalue weighted by molar-refractivity contribution is 0.102. The van der Waals surface area contributed by atoms with Gasteiger partial charge in [-0.15, -0.1) is 0 Å². The predicted molar refractivity (Wildman–Crippen MR) is 77.4 cm³/mol. The molecule has 0 aliphatic carbocycles. The molecule has 2 aromatic rings. The molecule has 6 heteroatoms. The molecular weight excluding hydrogens is 345 g/mol. The van der Waals surface area contributed by atoms with Crippen LogP contribution >= 0.6 is 22.6 Å². The van der Waals surface area contributed by atoms with Crippen molar-refractivity contribution < 1.29 is 9.90 Å². The minimum Gasteiger partial charge on any atom is -0.507 e. The molecule has 1 aromatic carbocycles. The van der Waals surface area contributed by atoms with Gasteiger partial charge < -0.3 is 16.2 Å². The van der Waals surface area contributed by atoms with E-state index >= 15 is 0 Å².